The number of hydrogen-bond acceptors (Lipinski definition) is 4. The number of carbonyl (C=O) groups excluding carboxylic acids is 1. The van der Waals surface area contributed by atoms with Crippen molar-refractivity contribution >= 4 is 17.4 Å². The number of hydrogen-bond donors (Lipinski definition) is 1. The van der Waals surface area contributed by atoms with Crippen LogP contribution in [0.15, 0.2) is 39.6 Å². The molecule has 1 N–H and O–H groups in total. The first kappa shape index (κ1) is 14.2. The Morgan fingerprint density at radius 2 is 2.38 bits per heavy atom. The molecule has 112 valence electrons. The molecular weight excluding hydrogens is 288 g/mol. The Balaban J connectivity index is 1.60. The van der Waals surface area contributed by atoms with E-state index in [1.54, 1.807) is 22.5 Å². The van der Waals surface area contributed by atoms with Crippen LogP contribution in [0.4, 0.5) is 4.79 Å². The van der Waals surface area contributed by atoms with Gasteiger partial charge in [0.15, 0.2) is 0 Å². The molecule has 0 radical (unpaired) electrons. The van der Waals surface area contributed by atoms with Gasteiger partial charge in [-0.25, -0.2) is 4.79 Å². The van der Waals surface area contributed by atoms with Crippen LogP contribution >= 0.6 is 11.3 Å². The summed E-state index contributed by atoms with van der Waals surface area (Å²) in [7, 11) is 0. The summed E-state index contributed by atoms with van der Waals surface area (Å²) in [5.41, 5.74) is 1.13. The van der Waals surface area contributed by atoms with Gasteiger partial charge in [0.25, 0.3) is 0 Å². The average Bonchev–Trinajstić information content (AvgIpc) is 3.17. The molecule has 1 aliphatic rings. The second-order valence-electron chi connectivity index (χ2n) is 5.14. The van der Waals surface area contributed by atoms with Crippen LogP contribution in [0.25, 0.3) is 0 Å². The summed E-state index contributed by atoms with van der Waals surface area (Å²) >= 11 is 1.64. The Morgan fingerprint density at radius 3 is 3.10 bits per heavy atom. The van der Waals surface area contributed by atoms with Gasteiger partial charge in [0.1, 0.15) is 11.9 Å². The number of amides is 2. The van der Waals surface area contributed by atoms with E-state index in [1.807, 2.05) is 30.5 Å². The first-order valence-electron chi connectivity index (χ1n) is 6.95. The number of thiophene rings is 1. The standard InChI is InChI=1S/C15H18N2O3S/c1-11-8-17(9-14(20-11)12-4-6-21-10-12)15(18)16-7-13-3-2-5-19-13/h2-6,10-11,14H,7-9H2,1H3,(H,16,18)/t11-,14+/m1/s1. The lowest BCUT2D eigenvalue weighted by molar-refractivity contribution is -0.0655. The lowest BCUT2D eigenvalue weighted by atomic mass is 10.1. The molecule has 0 aliphatic carbocycles. The lowest BCUT2D eigenvalue weighted by Crippen LogP contribution is -2.49. The molecule has 3 rings (SSSR count). The lowest BCUT2D eigenvalue weighted by Gasteiger charge is -2.36. The molecule has 1 aliphatic heterocycles. The van der Waals surface area contributed by atoms with Crippen LogP contribution in [-0.4, -0.2) is 30.1 Å². The third-order valence-electron chi connectivity index (χ3n) is 3.46. The summed E-state index contributed by atoms with van der Waals surface area (Å²) in [5.74, 6) is 0.749. The van der Waals surface area contributed by atoms with E-state index in [0.717, 1.165) is 11.3 Å². The van der Waals surface area contributed by atoms with Crippen molar-refractivity contribution in [3.63, 3.8) is 0 Å². The smallest absolute Gasteiger partial charge is 0.317 e. The van der Waals surface area contributed by atoms with E-state index in [4.69, 9.17) is 9.15 Å². The van der Waals surface area contributed by atoms with Crippen molar-refractivity contribution in [1.82, 2.24) is 10.2 Å². The normalized spacial score (nSPS) is 22.2. The number of carbonyl (C=O) groups is 1. The van der Waals surface area contributed by atoms with Crippen LogP contribution in [0.5, 0.6) is 0 Å². The second-order valence-corrected chi connectivity index (χ2v) is 5.92. The molecular formula is C15H18N2O3S. The van der Waals surface area contributed by atoms with Crippen LogP contribution in [0.2, 0.25) is 0 Å². The zero-order chi connectivity index (χ0) is 14.7. The van der Waals surface area contributed by atoms with Crippen LogP contribution in [-0.2, 0) is 11.3 Å². The summed E-state index contributed by atoms with van der Waals surface area (Å²) in [5, 5.41) is 6.98. The molecule has 2 aromatic rings. The van der Waals surface area contributed by atoms with Crippen molar-refractivity contribution in [2.24, 2.45) is 0 Å². The molecule has 2 atom stereocenters. The van der Waals surface area contributed by atoms with Gasteiger partial charge >= 0.3 is 6.03 Å². The molecule has 0 saturated carbocycles. The molecule has 0 bridgehead atoms. The number of urea groups is 1. The molecule has 21 heavy (non-hydrogen) atoms. The summed E-state index contributed by atoms with van der Waals surface area (Å²) < 4.78 is 11.1. The largest absolute Gasteiger partial charge is 0.467 e. The van der Waals surface area contributed by atoms with Crippen molar-refractivity contribution < 1.29 is 13.9 Å². The van der Waals surface area contributed by atoms with E-state index in [1.165, 1.54) is 0 Å². The van der Waals surface area contributed by atoms with E-state index in [2.05, 4.69) is 10.7 Å². The first-order valence-corrected chi connectivity index (χ1v) is 7.89. The van der Waals surface area contributed by atoms with Gasteiger partial charge in [-0.1, -0.05) is 0 Å². The monoisotopic (exact) mass is 306 g/mol. The molecule has 6 heteroatoms. The fraction of sp³-hybridized carbons (Fsp3) is 0.400. The van der Waals surface area contributed by atoms with Gasteiger partial charge in [0.05, 0.1) is 25.5 Å². The van der Waals surface area contributed by atoms with Crippen LogP contribution in [0.1, 0.15) is 24.4 Å². The number of morpholine rings is 1. The van der Waals surface area contributed by atoms with Gasteiger partial charge < -0.3 is 19.4 Å². The van der Waals surface area contributed by atoms with E-state index in [0.29, 0.717) is 19.6 Å². The number of rotatable bonds is 3. The Hall–Kier alpha value is -1.79. The molecule has 3 heterocycles. The maximum atomic E-state index is 12.3. The highest BCUT2D eigenvalue weighted by Crippen LogP contribution is 2.26. The second kappa shape index (κ2) is 6.32. The van der Waals surface area contributed by atoms with Crippen molar-refractivity contribution in [3.05, 3.63) is 46.5 Å². The van der Waals surface area contributed by atoms with Crippen LogP contribution in [0, 0.1) is 0 Å². The van der Waals surface area contributed by atoms with E-state index in [-0.39, 0.29) is 18.2 Å². The fourth-order valence-corrected chi connectivity index (χ4v) is 3.15. The van der Waals surface area contributed by atoms with Gasteiger partial charge in [-0.2, -0.15) is 11.3 Å². The SMILES string of the molecule is C[C@@H]1CN(C(=O)NCc2ccco2)C[C@@H](c2ccsc2)O1. The molecule has 1 saturated heterocycles. The Bertz CT molecular complexity index is 568. The van der Waals surface area contributed by atoms with Gasteiger partial charge in [0, 0.05) is 6.54 Å². The molecule has 0 aromatic carbocycles. The zero-order valence-electron chi connectivity index (χ0n) is 11.8. The van der Waals surface area contributed by atoms with Crippen molar-refractivity contribution in [2.45, 2.75) is 25.7 Å². The molecule has 2 aromatic heterocycles. The highest BCUT2D eigenvalue weighted by molar-refractivity contribution is 7.07. The highest BCUT2D eigenvalue weighted by Gasteiger charge is 2.29. The Morgan fingerprint density at radius 1 is 1.48 bits per heavy atom. The fourth-order valence-electron chi connectivity index (χ4n) is 2.45. The molecule has 2 amide bonds. The highest BCUT2D eigenvalue weighted by atomic mass is 32.1. The maximum Gasteiger partial charge on any atom is 0.317 e. The number of nitrogens with zero attached hydrogens (tertiary/aromatic N) is 1. The summed E-state index contributed by atoms with van der Waals surface area (Å²) in [6, 6.07) is 5.62. The number of furan rings is 1. The predicted molar refractivity (Wildman–Crippen MR) is 80.1 cm³/mol. The average molecular weight is 306 g/mol. The number of nitrogens with one attached hydrogen (secondary N) is 1. The molecule has 1 fully saturated rings. The quantitative estimate of drug-likeness (QED) is 0.948. The first-order chi connectivity index (χ1) is 10.2. The van der Waals surface area contributed by atoms with Crippen LogP contribution in [0.3, 0.4) is 0 Å². The summed E-state index contributed by atoms with van der Waals surface area (Å²) in [6.07, 6.45) is 1.58. The zero-order valence-corrected chi connectivity index (χ0v) is 12.6. The van der Waals surface area contributed by atoms with Gasteiger partial charge in [-0.15, -0.1) is 0 Å². The summed E-state index contributed by atoms with van der Waals surface area (Å²) in [6.45, 7) is 3.57. The molecule has 0 spiro atoms. The predicted octanol–water partition coefficient (Wildman–Crippen LogP) is 3.01. The minimum atomic E-state index is -0.0817. The topological polar surface area (TPSA) is 54.7 Å². The maximum absolute atomic E-state index is 12.3. The van der Waals surface area contributed by atoms with E-state index < -0.39 is 0 Å². The minimum Gasteiger partial charge on any atom is -0.467 e. The van der Waals surface area contributed by atoms with Crippen molar-refractivity contribution in [2.75, 3.05) is 13.1 Å². The van der Waals surface area contributed by atoms with Crippen molar-refractivity contribution in [3.8, 4) is 0 Å². The third-order valence-corrected chi connectivity index (χ3v) is 4.16. The van der Waals surface area contributed by atoms with E-state index >= 15 is 0 Å². The third kappa shape index (κ3) is 3.46. The van der Waals surface area contributed by atoms with Crippen LogP contribution < -0.4 is 5.32 Å². The van der Waals surface area contributed by atoms with E-state index in [9.17, 15) is 4.79 Å². The Labute approximate surface area is 127 Å². The van der Waals surface area contributed by atoms with Gasteiger partial charge in [-0.3, -0.25) is 0 Å². The van der Waals surface area contributed by atoms with Gasteiger partial charge in [-0.05, 0) is 41.4 Å². The Kier molecular flexibility index (Phi) is 4.26. The molecule has 5 nitrogen and oxygen atoms in total. The molecule has 0 unspecified atom stereocenters. The summed E-state index contributed by atoms with van der Waals surface area (Å²) in [4.78, 5) is 14.1. The minimum absolute atomic E-state index is 0.0259. The van der Waals surface area contributed by atoms with Gasteiger partial charge in [0.2, 0.25) is 0 Å². The van der Waals surface area contributed by atoms with Crippen molar-refractivity contribution in [1.29, 1.82) is 0 Å². The number of ether oxygens (including phenoxy) is 1.